The Morgan fingerprint density at radius 3 is 2.75 bits per heavy atom. The Hall–Kier alpha value is -2.32. The van der Waals surface area contributed by atoms with Crippen LogP contribution in [-0.2, 0) is 33.8 Å². The normalized spacial score (nSPS) is 13.3. The fourth-order valence-electron chi connectivity index (χ4n) is 3.18. The highest BCUT2D eigenvalue weighted by molar-refractivity contribution is 8.00. The van der Waals surface area contributed by atoms with E-state index in [9.17, 15) is 9.59 Å². The lowest BCUT2D eigenvalue weighted by molar-refractivity contribution is -0.129. The second-order valence-corrected chi connectivity index (χ2v) is 7.43. The summed E-state index contributed by atoms with van der Waals surface area (Å²) in [5.41, 5.74) is 2.08. The van der Waals surface area contributed by atoms with E-state index < -0.39 is 5.97 Å². The van der Waals surface area contributed by atoms with Gasteiger partial charge in [0, 0.05) is 42.8 Å². The number of benzene rings is 1. The van der Waals surface area contributed by atoms with Gasteiger partial charge >= 0.3 is 5.97 Å². The fraction of sp³-hybridized carbons (Fsp3) is 0.450. The maximum atomic E-state index is 12.7. The molecule has 28 heavy (non-hydrogen) atoms. The summed E-state index contributed by atoms with van der Waals surface area (Å²) in [7, 11) is 1.63. The highest BCUT2D eigenvalue weighted by Crippen LogP contribution is 2.25. The van der Waals surface area contributed by atoms with Crippen molar-refractivity contribution < 1.29 is 19.1 Å². The molecule has 0 unspecified atom stereocenters. The van der Waals surface area contributed by atoms with Gasteiger partial charge in [0.25, 0.3) is 0 Å². The van der Waals surface area contributed by atoms with Crippen LogP contribution in [0.2, 0.25) is 0 Å². The summed E-state index contributed by atoms with van der Waals surface area (Å²) >= 11 is 1.52. The number of carbonyl (C=O) groups is 2. The molecule has 1 aromatic heterocycles. The van der Waals surface area contributed by atoms with Crippen LogP contribution in [-0.4, -0.2) is 59.2 Å². The molecular weight excluding hydrogens is 378 g/mol. The Balaban J connectivity index is 1.73. The van der Waals surface area contributed by atoms with Gasteiger partial charge in [-0.05, 0) is 19.1 Å². The highest BCUT2D eigenvalue weighted by atomic mass is 32.2. The second-order valence-electron chi connectivity index (χ2n) is 6.38. The Kier molecular flexibility index (Phi) is 7.11. The van der Waals surface area contributed by atoms with Crippen molar-refractivity contribution in [2.45, 2.75) is 31.3 Å². The number of aromatic nitrogens is 2. The van der Waals surface area contributed by atoms with Crippen LogP contribution >= 0.6 is 11.8 Å². The van der Waals surface area contributed by atoms with E-state index in [1.165, 1.54) is 11.8 Å². The van der Waals surface area contributed by atoms with E-state index in [0.29, 0.717) is 44.1 Å². The van der Waals surface area contributed by atoms with Crippen molar-refractivity contribution >= 4 is 23.6 Å². The maximum absolute atomic E-state index is 12.7. The molecule has 2 aromatic rings. The van der Waals surface area contributed by atoms with E-state index in [4.69, 9.17) is 9.47 Å². The number of nitrogens with zero attached hydrogens (tertiary/aromatic N) is 3. The molecule has 7 nitrogen and oxygen atoms in total. The monoisotopic (exact) mass is 403 g/mol. The van der Waals surface area contributed by atoms with Crippen molar-refractivity contribution in [3.8, 4) is 0 Å². The fourth-order valence-corrected chi connectivity index (χ4v) is 4.01. The van der Waals surface area contributed by atoms with Gasteiger partial charge in [-0.15, -0.1) is 11.8 Å². The van der Waals surface area contributed by atoms with Crippen molar-refractivity contribution in [3.63, 3.8) is 0 Å². The topological polar surface area (TPSA) is 73.7 Å². The van der Waals surface area contributed by atoms with Crippen molar-refractivity contribution in [1.29, 1.82) is 0 Å². The minimum absolute atomic E-state index is 0.0546. The number of carbonyl (C=O) groups excluding carboxylic acids is 2. The number of hydrogen-bond donors (Lipinski definition) is 0. The number of rotatable bonds is 8. The van der Waals surface area contributed by atoms with E-state index in [2.05, 4.69) is 5.10 Å². The van der Waals surface area contributed by atoms with Crippen LogP contribution in [0, 0.1) is 0 Å². The predicted octanol–water partition coefficient (Wildman–Crippen LogP) is 2.38. The molecule has 2 heterocycles. The van der Waals surface area contributed by atoms with Gasteiger partial charge in [-0.2, -0.15) is 5.10 Å². The summed E-state index contributed by atoms with van der Waals surface area (Å²) in [6.45, 7) is 4.12. The molecule has 0 spiro atoms. The summed E-state index contributed by atoms with van der Waals surface area (Å²) in [6, 6.07) is 9.85. The lowest BCUT2D eigenvalue weighted by atomic mass is 10.0. The van der Waals surface area contributed by atoms with E-state index in [1.54, 1.807) is 18.9 Å². The molecule has 3 rings (SSSR count). The van der Waals surface area contributed by atoms with Crippen molar-refractivity contribution in [2.75, 3.05) is 32.6 Å². The summed E-state index contributed by atoms with van der Waals surface area (Å²) < 4.78 is 12.1. The van der Waals surface area contributed by atoms with Crippen LogP contribution in [0.1, 0.15) is 28.7 Å². The van der Waals surface area contributed by atoms with Crippen molar-refractivity contribution in [2.24, 2.45) is 0 Å². The first-order valence-electron chi connectivity index (χ1n) is 9.34. The summed E-state index contributed by atoms with van der Waals surface area (Å²) in [5, 5.41) is 4.45. The van der Waals surface area contributed by atoms with Crippen LogP contribution in [0.25, 0.3) is 0 Å². The number of hydrogen-bond acceptors (Lipinski definition) is 6. The number of thioether (sulfide) groups is 1. The Labute approximate surface area is 169 Å². The van der Waals surface area contributed by atoms with Crippen molar-refractivity contribution in [1.82, 2.24) is 14.7 Å². The van der Waals surface area contributed by atoms with Gasteiger partial charge in [-0.1, -0.05) is 18.2 Å². The van der Waals surface area contributed by atoms with E-state index in [1.807, 2.05) is 35.0 Å². The molecule has 0 aliphatic carbocycles. The Morgan fingerprint density at radius 2 is 2.04 bits per heavy atom. The highest BCUT2D eigenvalue weighted by Gasteiger charge is 2.30. The molecule has 0 radical (unpaired) electrons. The molecule has 1 amide bonds. The second kappa shape index (κ2) is 9.75. The minimum Gasteiger partial charge on any atom is -0.461 e. The lowest BCUT2D eigenvalue weighted by Crippen LogP contribution is -2.38. The largest absolute Gasteiger partial charge is 0.461 e. The van der Waals surface area contributed by atoms with Crippen LogP contribution in [0.5, 0.6) is 0 Å². The van der Waals surface area contributed by atoms with Crippen LogP contribution in [0.3, 0.4) is 0 Å². The Morgan fingerprint density at radius 1 is 1.25 bits per heavy atom. The average Bonchev–Trinajstić information content (AvgIpc) is 3.09. The molecule has 0 saturated heterocycles. The van der Waals surface area contributed by atoms with Gasteiger partial charge in [-0.3, -0.25) is 9.48 Å². The van der Waals surface area contributed by atoms with Crippen LogP contribution in [0.4, 0.5) is 0 Å². The third-order valence-corrected chi connectivity index (χ3v) is 5.56. The average molecular weight is 404 g/mol. The van der Waals surface area contributed by atoms with Crippen LogP contribution in [0.15, 0.2) is 35.2 Å². The molecule has 0 bridgehead atoms. The SMILES string of the molecule is CCOC(=O)c1nn(CCOC)c2c1CN(C(=O)CSc1ccccc1)CC2. The third-order valence-electron chi connectivity index (χ3n) is 4.57. The van der Waals surface area contributed by atoms with Gasteiger partial charge in [-0.25, -0.2) is 4.79 Å². The first-order valence-corrected chi connectivity index (χ1v) is 10.3. The zero-order chi connectivity index (χ0) is 19.9. The summed E-state index contributed by atoms with van der Waals surface area (Å²) in [5.74, 6) is -0.0202. The van der Waals surface area contributed by atoms with E-state index in [0.717, 1.165) is 16.2 Å². The maximum Gasteiger partial charge on any atom is 0.359 e. The predicted molar refractivity (Wildman–Crippen MR) is 106 cm³/mol. The molecule has 150 valence electrons. The molecule has 8 heteroatoms. The molecular formula is C20H25N3O4S. The van der Waals surface area contributed by atoms with Gasteiger partial charge in [0.15, 0.2) is 5.69 Å². The number of ether oxygens (including phenoxy) is 2. The van der Waals surface area contributed by atoms with Crippen LogP contribution < -0.4 is 0 Å². The van der Waals surface area contributed by atoms with Gasteiger partial charge in [0.2, 0.25) is 5.91 Å². The zero-order valence-electron chi connectivity index (χ0n) is 16.2. The van der Waals surface area contributed by atoms with E-state index in [-0.39, 0.29) is 12.5 Å². The molecule has 0 fully saturated rings. The van der Waals surface area contributed by atoms with Gasteiger partial charge in [0.05, 0.1) is 25.5 Å². The summed E-state index contributed by atoms with van der Waals surface area (Å²) in [6.07, 6.45) is 0.660. The molecule has 1 aromatic carbocycles. The first-order chi connectivity index (χ1) is 13.6. The number of methoxy groups -OCH3 is 1. The molecule has 1 aliphatic heterocycles. The third kappa shape index (κ3) is 4.74. The quantitative estimate of drug-likeness (QED) is 0.498. The first kappa shape index (κ1) is 20.4. The Bertz CT molecular complexity index is 822. The lowest BCUT2D eigenvalue weighted by Gasteiger charge is -2.27. The number of fused-ring (bicyclic) bond motifs is 1. The standard InChI is InChI=1S/C20H25N3O4S/c1-3-27-20(25)19-16-13-22(10-9-17(16)23(21-19)11-12-26-2)18(24)14-28-15-7-5-4-6-8-15/h4-8H,3,9-14H2,1-2H3. The molecule has 0 saturated carbocycles. The number of esters is 1. The summed E-state index contributed by atoms with van der Waals surface area (Å²) in [4.78, 5) is 27.9. The smallest absolute Gasteiger partial charge is 0.359 e. The molecule has 1 aliphatic rings. The zero-order valence-corrected chi connectivity index (χ0v) is 17.0. The minimum atomic E-state index is -0.442. The number of amides is 1. The van der Waals surface area contributed by atoms with Gasteiger partial charge in [0.1, 0.15) is 0 Å². The van der Waals surface area contributed by atoms with Gasteiger partial charge < -0.3 is 14.4 Å². The molecule has 0 N–H and O–H groups in total. The van der Waals surface area contributed by atoms with Crippen molar-refractivity contribution in [3.05, 3.63) is 47.3 Å². The van der Waals surface area contributed by atoms with E-state index >= 15 is 0 Å². The molecule has 0 atom stereocenters.